The summed E-state index contributed by atoms with van der Waals surface area (Å²) in [6, 6.07) is 15.5. The number of rotatable bonds is 7. The number of aldehydes is 1. The van der Waals surface area contributed by atoms with Crippen LogP contribution in [0.15, 0.2) is 54.7 Å². The molecule has 5 heteroatoms. The maximum atomic E-state index is 12.2. The highest BCUT2D eigenvalue weighted by molar-refractivity contribution is 5.98. The largest absolute Gasteiger partial charge is 0.497 e. The molecule has 0 fully saturated rings. The molecule has 1 N–H and O–H groups in total. The third kappa shape index (κ3) is 3.88. The second-order valence-corrected chi connectivity index (χ2v) is 5.80. The van der Waals surface area contributed by atoms with Crippen molar-refractivity contribution in [2.45, 2.75) is 13.0 Å². The van der Waals surface area contributed by atoms with Crippen LogP contribution >= 0.6 is 0 Å². The minimum atomic E-state index is -0.0823. The number of carbonyl (C=O) groups excluding carboxylic acids is 2. The zero-order chi connectivity index (χ0) is 17.6. The number of benzene rings is 2. The highest BCUT2D eigenvalue weighted by Crippen LogP contribution is 2.25. The van der Waals surface area contributed by atoms with Crippen molar-refractivity contribution in [2.24, 2.45) is 0 Å². The molecule has 3 aromatic rings. The molecule has 0 aliphatic rings. The Kier molecular flexibility index (Phi) is 5.14. The van der Waals surface area contributed by atoms with E-state index in [4.69, 9.17) is 4.74 Å². The molecule has 0 aliphatic carbocycles. The number of fused-ring (bicyclic) bond motifs is 1. The van der Waals surface area contributed by atoms with Crippen molar-refractivity contribution in [2.75, 3.05) is 13.7 Å². The molecule has 0 spiro atoms. The van der Waals surface area contributed by atoms with Gasteiger partial charge in [0, 0.05) is 29.2 Å². The fourth-order valence-corrected chi connectivity index (χ4v) is 2.86. The van der Waals surface area contributed by atoms with Gasteiger partial charge >= 0.3 is 0 Å². The van der Waals surface area contributed by atoms with Gasteiger partial charge in [0.1, 0.15) is 12.3 Å². The van der Waals surface area contributed by atoms with Crippen LogP contribution in [0, 0.1) is 0 Å². The minimum Gasteiger partial charge on any atom is -0.497 e. The first-order chi connectivity index (χ1) is 12.2. The van der Waals surface area contributed by atoms with Gasteiger partial charge < -0.3 is 14.6 Å². The second-order valence-electron chi connectivity index (χ2n) is 5.80. The summed E-state index contributed by atoms with van der Waals surface area (Å²) in [5.74, 6) is 0.599. The molecule has 0 radical (unpaired) electrons. The standard InChI is InChI=1S/C20H20N2O3/c1-25-17-7-8-19-18(11-17)16(14-23)12-22(19)13-20(24)21-10-9-15-5-3-2-4-6-15/h2-8,11-12,14H,9-10,13H2,1H3,(H,21,24). The van der Waals surface area contributed by atoms with Crippen molar-refractivity contribution in [1.29, 1.82) is 0 Å². The Balaban J connectivity index is 1.67. The van der Waals surface area contributed by atoms with E-state index in [9.17, 15) is 9.59 Å². The molecule has 0 aliphatic heterocycles. The molecule has 0 unspecified atom stereocenters. The summed E-state index contributed by atoms with van der Waals surface area (Å²) < 4.78 is 6.99. The maximum Gasteiger partial charge on any atom is 0.239 e. The molecule has 3 rings (SSSR count). The monoisotopic (exact) mass is 336 g/mol. The number of nitrogens with one attached hydrogen (secondary N) is 1. The zero-order valence-electron chi connectivity index (χ0n) is 14.1. The average Bonchev–Trinajstić information content (AvgIpc) is 2.99. The van der Waals surface area contributed by atoms with Crippen LogP contribution in [-0.2, 0) is 17.8 Å². The van der Waals surface area contributed by atoms with Crippen LogP contribution in [0.2, 0.25) is 0 Å². The van der Waals surface area contributed by atoms with E-state index in [1.165, 1.54) is 5.56 Å². The van der Waals surface area contributed by atoms with Gasteiger partial charge in [-0.3, -0.25) is 9.59 Å². The van der Waals surface area contributed by atoms with Crippen molar-refractivity contribution >= 4 is 23.1 Å². The number of nitrogens with zero attached hydrogens (tertiary/aromatic N) is 1. The molecule has 0 saturated carbocycles. The molecule has 0 saturated heterocycles. The normalized spacial score (nSPS) is 10.6. The molecule has 5 nitrogen and oxygen atoms in total. The Morgan fingerprint density at radius 1 is 1.20 bits per heavy atom. The number of aromatic nitrogens is 1. The molecule has 25 heavy (non-hydrogen) atoms. The highest BCUT2D eigenvalue weighted by atomic mass is 16.5. The SMILES string of the molecule is COc1ccc2c(c1)c(C=O)cn2CC(=O)NCCc1ccccc1. The summed E-state index contributed by atoms with van der Waals surface area (Å²) >= 11 is 0. The Morgan fingerprint density at radius 2 is 2.00 bits per heavy atom. The van der Waals surface area contributed by atoms with Gasteiger partial charge in [0.2, 0.25) is 5.91 Å². The Hall–Kier alpha value is -3.08. The van der Waals surface area contributed by atoms with Gasteiger partial charge in [0.15, 0.2) is 6.29 Å². The Morgan fingerprint density at radius 3 is 2.72 bits per heavy atom. The van der Waals surface area contributed by atoms with Gasteiger partial charge in [-0.1, -0.05) is 30.3 Å². The summed E-state index contributed by atoms with van der Waals surface area (Å²) in [5, 5.41) is 3.71. The van der Waals surface area contributed by atoms with Gasteiger partial charge in [-0.05, 0) is 30.2 Å². The van der Waals surface area contributed by atoms with Crippen LogP contribution < -0.4 is 10.1 Å². The number of carbonyl (C=O) groups is 2. The summed E-state index contributed by atoms with van der Waals surface area (Å²) in [4.78, 5) is 23.5. The molecular weight excluding hydrogens is 316 g/mol. The molecule has 1 amide bonds. The lowest BCUT2D eigenvalue weighted by Gasteiger charge is -2.08. The lowest BCUT2D eigenvalue weighted by molar-refractivity contribution is -0.121. The minimum absolute atomic E-state index is 0.0823. The van der Waals surface area contributed by atoms with Crippen molar-refractivity contribution < 1.29 is 14.3 Å². The average molecular weight is 336 g/mol. The van der Waals surface area contributed by atoms with Crippen LogP contribution in [0.25, 0.3) is 10.9 Å². The van der Waals surface area contributed by atoms with E-state index in [-0.39, 0.29) is 12.5 Å². The predicted octanol–water partition coefficient (Wildman–Crippen LogP) is 2.82. The van der Waals surface area contributed by atoms with E-state index >= 15 is 0 Å². The predicted molar refractivity (Wildman–Crippen MR) is 97.0 cm³/mol. The zero-order valence-corrected chi connectivity index (χ0v) is 14.1. The second kappa shape index (κ2) is 7.66. The van der Waals surface area contributed by atoms with Crippen LogP contribution in [-0.4, -0.2) is 30.4 Å². The summed E-state index contributed by atoms with van der Waals surface area (Å²) in [6.07, 6.45) is 3.29. The first kappa shape index (κ1) is 16.8. The number of amides is 1. The fourth-order valence-electron chi connectivity index (χ4n) is 2.86. The van der Waals surface area contributed by atoms with Crippen molar-refractivity contribution in [3.63, 3.8) is 0 Å². The number of hydrogen-bond acceptors (Lipinski definition) is 3. The first-order valence-corrected chi connectivity index (χ1v) is 8.14. The summed E-state index contributed by atoms with van der Waals surface area (Å²) in [7, 11) is 1.58. The summed E-state index contributed by atoms with van der Waals surface area (Å²) in [6.45, 7) is 0.752. The molecule has 2 aromatic carbocycles. The lowest BCUT2D eigenvalue weighted by atomic mass is 10.1. The molecule has 1 aromatic heterocycles. The third-order valence-electron chi connectivity index (χ3n) is 4.14. The maximum absolute atomic E-state index is 12.2. The Bertz CT molecular complexity index is 885. The number of ether oxygens (including phenoxy) is 1. The molecule has 128 valence electrons. The quantitative estimate of drug-likeness (QED) is 0.675. The van der Waals surface area contributed by atoms with E-state index < -0.39 is 0 Å². The fraction of sp³-hybridized carbons (Fsp3) is 0.200. The smallest absolute Gasteiger partial charge is 0.239 e. The highest BCUT2D eigenvalue weighted by Gasteiger charge is 2.11. The van der Waals surface area contributed by atoms with E-state index in [1.54, 1.807) is 17.9 Å². The molecule has 0 atom stereocenters. The van der Waals surface area contributed by atoms with Gasteiger partial charge in [0.05, 0.1) is 7.11 Å². The topological polar surface area (TPSA) is 60.3 Å². The molecule has 0 bridgehead atoms. The van der Waals surface area contributed by atoms with Crippen molar-refractivity contribution in [3.8, 4) is 5.75 Å². The van der Waals surface area contributed by atoms with E-state index in [1.807, 2.05) is 48.5 Å². The number of methoxy groups -OCH3 is 1. The lowest BCUT2D eigenvalue weighted by Crippen LogP contribution is -2.29. The van der Waals surface area contributed by atoms with Gasteiger partial charge in [0.25, 0.3) is 0 Å². The first-order valence-electron chi connectivity index (χ1n) is 8.14. The van der Waals surface area contributed by atoms with Gasteiger partial charge in [-0.25, -0.2) is 0 Å². The van der Waals surface area contributed by atoms with Crippen molar-refractivity contribution in [3.05, 3.63) is 65.9 Å². The van der Waals surface area contributed by atoms with Gasteiger partial charge in [-0.2, -0.15) is 0 Å². The molecular formula is C20H20N2O3. The van der Waals surface area contributed by atoms with E-state index in [0.29, 0.717) is 17.9 Å². The van der Waals surface area contributed by atoms with Crippen molar-refractivity contribution in [1.82, 2.24) is 9.88 Å². The van der Waals surface area contributed by atoms with Gasteiger partial charge in [-0.15, -0.1) is 0 Å². The van der Waals surface area contributed by atoms with Crippen LogP contribution in [0.5, 0.6) is 5.75 Å². The van der Waals surface area contributed by atoms with E-state index in [2.05, 4.69) is 5.32 Å². The van der Waals surface area contributed by atoms with Crippen LogP contribution in [0.1, 0.15) is 15.9 Å². The van der Waals surface area contributed by atoms with E-state index in [0.717, 1.165) is 23.6 Å². The van der Waals surface area contributed by atoms with Crippen LogP contribution in [0.3, 0.4) is 0 Å². The summed E-state index contributed by atoms with van der Waals surface area (Å²) in [5.41, 5.74) is 2.57. The number of hydrogen-bond donors (Lipinski definition) is 1. The molecule has 1 heterocycles. The Labute approximate surface area is 146 Å². The third-order valence-corrected chi connectivity index (χ3v) is 4.14. The van der Waals surface area contributed by atoms with Crippen LogP contribution in [0.4, 0.5) is 0 Å².